The zero-order chi connectivity index (χ0) is 29.5. The van der Waals surface area contributed by atoms with Gasteiger partial charge in [-0.2, -0.15) is 0 Å². The molecule has 0 spiro atoms. The number of hydrogen-bond acceptors (Lipinski definition) is 5. The van der Waals surface area contributed by atoms with Crippen LogP contribution in [-0.2, 0) is 32.6 Å². The second-order valence-corrected chi connectivity index (χ2v) is 12.4. The van der Waals surface area contributed by atoms with E-state index in [2.05, 4.69) is 5.32 Å². The SMILES string of the molecule is COc1ccccc1N(CC(=O)N(Cc1ccc(F)cc1)[C@H](Cc1ccccc1)C(=O)NC(C)(C)C)S(C)(=O)=O. The molecule has 0 aliphatic rings. The lowest BCUT2D eigenvalue weighted by Gasteiger charge is -2.35. The van der Waals surface area contributed by atoms with Crippen molar-refractivity contribution in [3.63, 3.8) is 0 Å². The Bertz CT molecular complexity index is 1410. The van der Waals surface area contributed by atoms with Crippen LogP contribution in [0.1, 0.15) is 31.9 Å². The molecule has 2 amide bonds. The molecule has 0 unspecified atom stereocenters. The molecule has 0 aliphatic heterocycles. The molecular formula is C30H36FN3O5S. The van der Waals surface area contributed by atoms with E-state index in [1.54, 1.807) is 24.3 Å². The molecule has 0 heterocycles. The molecule has 0 saturated carbocycles. The van der Waals surface area contributed by atoms with E-state index < -0.39 is 45.8 Å². The molecular weight excluding hydrogens is 533 g/mol. The van der Waals surface area contributed by atoms with Gasteiger partial charge in [-0.05, 0) is 56.2 Å². The van der Waals surface area contributed by atoms with Crippen molar-refractivity contribution in [2.75, 3.05) is 24.2 Å². The van der Waals surface area contributed by atoms with Crippen molar-refractivity contribution in [3.8, 4) is 5.75 Å². The molecule has 0 fully saturated rings. The summed E-state index contributed by atoms with van der Waals surface area (Å²) in [7, 11) is -2.52. The molecule has 3 rings (SSSR count). The van der Waals surface area contributed by atoms with Gasteiger partial charge in [-0.1, -0.05) is 54.6 Å². The van der Waals surface area contributed by atoms with E-state index in [0.717, 1.165) is 16.1 Å². The number of sulfonamides is 1. The molecule has 1 atom stereocenters. The third kappa shape index (κ3) is 8.54. The van der Waals surface area contributed by atoms with E-state index in [9.17, 15) is 22.4 Å². The number of anilines is 1. The Morgan fingerprint density at radius 2 is 1.52 bits per heavy atom. The van der Waals surface area contributed by atoms with Crippen molar-refractivity contribution >= 4 is 27.5 Å². The van der Waals surface area contributed by atoms with Crippen LogP contribution in [0.3, 0.4) is 0 Å². The zero-order valence-corrected chi connectivity index (χ0v) is 24.2. The van der Waals surface area contributed by atoms with Crippen molar-refractivity contribution in [1.29, 1.82) is 0 Å². The van der Waals surface area contributed by atoms with E-state index in [4.69, 9.17) is 4.74 Å². The minimum atomic E-state index is -3.94. The summed E-state index contributed by atoms with van der Waals surface area (Å²) in [4.78, 5) is 29.1. The minimum Gasteiger partial charge on any atom is -0.495 e. The molecule has 40 heavy (non-hydrogen) atoms. The zero-order valence-electron chi connectivity index (χ0n) is 23.4. The Hall–Kier alpha value is -3.92. The third-order valence-corrected chi connectivity index (χ3v) is 7.19. The number of nitrogens with zero attached hydrogens (tertiary/aromatic N) is 2. The maximum absolute atomic E-state index is 14.1. The minimum absolute atomic E-state index is 0.0439. The number of halogens is 1. The molecule has 1 N–H and O–H groups in total. The summed E-state index contributed by atoms with van der Waals surface area (Å²) in [6.45, 7) is 4.89. The Morgan fingerprint density at radius 1 is 0.925 bits per heavy atom. The summed E-state index contributed by atoms with van der Waals surface area (Å²) in [5.74, 6) is -1.16. The Labute approximate surface area is 235 Å². The number of hydrogen-bond donors (Lipinski definition) is 1. The van der Waals surface area contributed by atoms with Gasteiger partial charge in [0.1, 0.15) is 24.2 Å². The first kappa shape index (κ1) is 30.6. The highest BCUT2D eigenvalue weighted by Gasteiger charge is 2.34. The standard InChI is InChI=1S/C30H36FN3O5S/c1-30(2,3)32-29(36)26(19-22-11-7-6-8-12-22)33(20-23-15-17-24(31)18-16-23)28(35)21-34(40(5,37)38)25-13-9-10-14-27(25)39-4/h6-18,26H,19-21H2,1-5H3,(H,32,36)/t26-/m1/s1. The van der Waals surface area contributed by atoms with E-state index in [1.807, 2.05) is 51.1 Å². The summed E-state index contributed by atoms with van der Waals surface area (Å²) in [6, 6.07) is 20.4. The van der Waals surface area contributed by atoms with E-state index in [0.29, 0.717) is 5.56 Å². The van der Waals surface area contributed by atoms with Gasteiger partial charge in [0.05, 0.1) is 19.1 Å². The Balaban J connectivity index is 2.09. The molecule has 8 nitrogen and oxygen atoms in total. The van der Waals surface area contributed by atoms with Crippen LogP contribution in [0.4, 0.5) is 10.1 Å². The lowest BCUT2D eigenvalue weighted by molar-refractivity contribution is -0.140. The Morgan fingerprint density at radius 3 is 2.10 bits per heavy atom. The average Bonchev–Trinajstić information content (AvgIpc) is 2.89. The van der Waals surface area contributed by atoms with E-state index in [-0.39, 0.29) is 24.4 Å². The molecule has 0 bridgehead atoms. The van der Waals surface area contributed by atoms with Crippen LogP contribution in [0.5, 0.6) is 5.75 Å². The lowest BCUT2D eigenvalue weighted by Crippen LogP contribution is -2.56. The number of ether oxygens (including phenoxy) is 1. The highest BCUT2D eigenvalue weighted by atomic mass is 32.2. The van der Waals surface area contributed by atoms with Gasteiger partial charge in [0, 0.05) is 18.5 Å². The fourth-order valence-electron chi connectivity index (χ4n) is 4.22. The Kier molecular flexibility index (Phi) is 9.92. The van der Waals surface area contributed by atoms with Crippen molar-refractivity contribution in [3.05, 3.63) is 95.8 Å². The monoisotopic (exact) mass is 569 g/mol. The van der Waals surface area contributed by atoms with Crippen LogP contribution < -0.4 is 14.4 Å². The van der Waals surface area contributed by atoms with Gasteiger partial charge in [0.25, 0.3) is 0 Å². The molecule has 0 saturated heterocycles. The van der Waals surface area contributed by atoms with Crippen molar-refractivity contribution in [2.45, 2.75) is 45.3 Å². The molecule has 10 heteroatoms. The third-order valence-electron chi connectivity index (χ3n) is 6.07. The van der Waals surface area contributed by atoms with Crippen LogP contribution >= 0.6 is 0 Å². The van der Waals surface area contributed by atoms with Gasteiger partial charge in [-0.25, -0.2) is 12.8 Å². The molecule has 0 radical (unpaired) electrons. The average molecular weight is 570 g/mol. The fraction of sp³-hybridized carbons (Fsp3) is 0.333. The molecule has 3 aromatic rings. The second kappa shape index (κ2) is 13.0. The first-order valence-electron chi connectivity index (χ1n) is 12.8. The maximum atomic E-state index is 14.1. The van der Waals surface area contributed by atoms with Crippen LogP contribution in [-0.4, -0.2) is 56.6 Å². The molecule has 214 valence electrons. The van der Waals surface area contributed by atoms with Crippen molar-refractivity contribution < 1.29 is 27.1 Å². The number of carbonyl (C=O) groups excluding carboxylic acids is 2. The van der Waals surface area contributed by atoms with E-state index >= 15 is 0 Å². The largest absolute Gasteiger partial charge is 0.495 e. The molecule has 3 aromatic carbocycles. The number of amides is 2. The second-order valence-electron chi connectivity index (χ2n) is 10.5. The number of carbonyl (C=O) groups is 2. The van der Waals surface area contributed by atoms with Gasteiger partial charge in [0.15, 0.2) is 0 Å². The number of methoxy groups -OCH3 is 1. The van der Waals surface area contributed by atoms with Gasteiger partial charge >= 0.3 is 0 Å². The number of nitrogens with one attached hydrogen (secondary N) is 1. The summed E-state index contributed by atoms with van der Waals surface area (Å²) >= 11 is 0. The topological polar surface area (TPSA) is 96.0 Å². The van der Waals surface area contributed by atoms with E-state index in [1.165, 1.54) is 36.3 Å². The fourth-order valence-corrected chi connectivity index (χ4v) is 5.08. The summed E-state index contributed by atoms with van der Waals surface area (Å²) in [5, 5.41) is 2.96. The summed E-state index contributed by atoms with van der Waals surface area (Å²) < 4.78 is 45.8. The molecule has 0 aromatic heterocycles. The van der Waals surface area contributed by atoms with Gasteiger partial charge in [-0.3, -0.25) is 13.9 Å². The first-order valence-corrected chi connectivity index (χ1v) is 14.6. The highest BCUT2D eigenvalue weighted by molar-refractivity contribution is 7.92. The van der Waals surface area contributed by atoms with Gasteiger partial charge in [-0.15, -0.1) is 0 Å². The van der Waals surface area contributed by atoms with Crippen LogP contribution in [0, 0.1) is 5.82 Å². The van der Waals surface area contributed by atoms with Crippen molar-refractivity contribution in [2.24, 2.45) is 0 Å². The van der Waals surface area contributed by atoms with Crippen LogP contribution in [0.2, 0.25) is 0 Å². The van der Waals surface area contributed by atoms with Crippen LogP contribution in [0.15, 0.2) is 78.9 Å². The number of benzene rings is 3. The highest BCUT2D eigenvalue weighted by Crippen LogP contribution is 2.30. The maximum Gasteiger partial charge on any atom is 0.244 e. The summed E-state index contributed by atoms with van der Waals surface area (Å²) in [5.41, 5.74) is 1.01. The van der Waals surface area contributed by atoms with Gasteiger partial charge < -0.3 is 15.0 Å². The van der Waals surface area contributed by atoms with Gasteiger partial charge in [0.2, 0.25) is 21.8 Å². The normalized spacial score (nSPS) is 12.3. The summed E-state index contributed by atoms with van der Waals surface area (Å²) in [6.07, 6.45) is 1.19. The predicted molar refractivity (Wildman–Crippen MR) is 154 cm³/mol. The lowest BCUT2D eigenvalue weighted by atomic mass is 10.0. The number of rotatable bonds is 11. The number of para-hydroxylation sites is 2. The predicted octanol–water partition coefficient (Wildman–Crippen LogP) is 4.16. The quantitative estimate of drug-likeness (QED) is 0.374. The first-order chi connectivity index (χ1) is 18.8. The smallest absolute Gasteiger partial charge is 0.244 e. The van der Waals surface area contributed by atoms with Crippen molar-refractivity contribution in [1.82, 2.24) is 10.2 Å². The molecule has 0 aliphatic carbocycles. The van der Waals surface area contributed by atoms with Crippen LogP contribution in [0.25, 0.3) is 0 Å².